The van der Waals surface area contributed by atoms with Gasteiger partial charge in [0.05, 0.1) is 4.92 Å². The zero-order valence-corrected chi connectivity index (χ0v) is 11.1. The molecule has 0 saturated heterocycles. The van der Waals surface area contributed by atoms with Crippen molar-refractivity contribution in [3.8, 4) is 0 Å². The number of nitro benzene ring substituents is 1. The van der Waals surface area contributed by atoms with E-state index in [1.54, 1.807) is 7.05 Å². The molecule has 0 saturated carbocycles. The molecule has 0 bridgehead atoms. The molecule has 0 amide bonds. The van der Waals surface area contributed by atoms with E-state index in [0.29, 0.717) is 19.6 Å². The van der Waals surface area contributed by atoms with Crippen molar-refractivity contribution in [1.29, 1.82) is 0 Å². The van der Waals surface area contributed by atoms with E-state index in [9.17, 15) is 19.3 Å². The van der Waals surface area contributed by atoms with Crippen LogP contribution in [0.15, 0.2) is 12.1 Å². The van der Waals surface area contributed by atoms with Gasteiger partial charge >= 0.3 is 5.97 Å². The normalized spacial score (nSPS) is 10.3. The number of ether oxygens (including phenoxy) is 1. The lowest BCUT2D eigenvalue weighted by Crippen LogP contribution is -2.21. The van der Waals surface area contributed by atoms with Crippen LogP contribution in [0.25, 0.3) is 0 Å². The topological polar surface area (TPSA) is 92.9 Å². The number of hydrogen-bond donors (Lipinski definition) is 1. The number of anilines is 1. The zero-order valence-electron chi connectivity index (χ0n) is 11.1. The molecule has 7 nitrogen and oxygen atoms in total. The molecule has 0 atom stereocenters. The van der Waals surface area contributed by atoms with Crippen molar-refractivity contribution in [1.82, 2.24) is 0 Å². The third kappa shape index (κ3) is 3.64. The molecule has 0 aromatic heterocycles. The van der Waals surface area contributed by atoms with Crippen molar-refractivity contribution < 1.29 is 24.0 Å². The van der Waals surface area contributed by atoms with Crippen LogP contribution in [0, 0.1) is 15.9 Å². The van der Waals surface area contributed by atoms with Crippen molar-refractivity contribution in [3.63, 3.8) is 0 Å². The summed E-state index contributed by atoms with van der Waals surface area (Å²) >= 11 is 0. The molecular weight excluding hydrogens is 271 g/mol. The van der Waals surface area contributed by atoms with Crippen LogP contribution < -0.4 is 4.90 Å². The Hall–Kier alpha value is -2.22. The molecule has 0 aliphatic rings. The van der Waals surface area contributed by atoms with Crippen LogP contribution in [0.3, 0.4) is 0 Å². The standard InChI is InChI=1S/C12H15FN2O5/c1-14(4-3-5-20-2)10-7-9(13)8(12(16)17)6-11(10)15(18)19/h6-7H,3-5H2,1-2H3,(H,16,17). The Morgan fingerprint density at radius 1 is 1.55 bits per heavy atom. The number of rotatable bonds is 7. The Balaban J connectivity index is 3.14. The van der Waals surface area contributed by atoms with E-state index >= 15 is 0 Å². The fourth-order valence-electron chi connectivity index (χ4n) is 1.73. The van der Waals surface area contributed by atoms with Gasteiger partial charge in [0.25, 0.3) is 5.69 Å². The Morgan fingerprint density at radius 2 is 2.20 bits per heavy atom. The second-order valence-electron chi connectivity index (χ2n) is 4.15. The van der Waals surface area contributed by atoms with Gasteiger partial charge in [-0.1, -0.05) is 0 Å². The summed E-state index contributed by atoms with van der Waals surface area (Å²) in [5.74, 6) is -2.55. The first kappa shape index (κ1) is 15.8. The number of hydrogen-bond acceptors (Lipinski definition) is 5. The summed E-state index contributed by atoms with van der Waals surface area (Å²) in [6, 6.07) is 1.61. The number of carbonyl (C=O) groups is 1. The largest absolute Gasteiger partial charge is 0.478 e. The minimum Gasteiger partial charge on any atom is -0.478 e. The molecule has 8 heteroatoms. The summed E-state index contributed by atoms with van der Waals surface area (Å²) in [5, 5.41) is 19.8. The summed E-state index contributed by atoms with van der Waals surface area (Å²) in [6.07, 6.45) is 0.604. The second-order valence-corrected chi connectivity index (χ2v) is 4.15. The van der Waals surface area contributed by atoms with Gasteiger partial charge in [-0.3, -0.25) is 10.1 Å². The molecule has 1 aromatic rings. The van der Waals surface area contributed by atoms with Crippen molar-refractivity contribution in [2.24, 2.45) is 0 Å². The van der Waals surface area contributed by atoms with E-state index in [1.165, 1.54) is 12.0 Å². The molecule has 0 aliphatic heterocycles. The number of carboxylic acids is 1. The highest BCUT2D eigenvalue weighted by molar-refractivity contribution is 5.90. The predicted octanol–water partition coefficient (Wildman–Crippen LogP) is 1.90. The van der Waals surface area contributed by atoms with Gasteiger partial charge in [-0.2, -0.15) is 0 Å². The maximum absolute atomic E-state index is 13.6. The van der Waals surface area contributed by atoms with Crippen LogP contribution in [0.2, 0.25) is 0 Å². The van der Waals surface area contributed by atoms with E-state index in [2.05, 4.69) is 0 Å². The molecule has 0 heterocycles. The summed E-state index contributed by atoms with van der Waals surface area (Å²) in [7, 11) is 3.10. The summed E-state index contributed by atoms with van der Waals surface area (Å²) < 4.78 is 18.5. The molecule has 1 N–H and O–H groups in total. The van der Waals surface area contributed by atoms with Crippen LogP contribution in [0.1, 0.15) is 16.8 Å². The molecule has 0 radical (unpaired) electrons. The quantitative estimate of drug-likeness (QED) is 0.467. The van der Waals surface area contributed by atoms with Gasteiger partial charge < -0.3 is 14.7 Å². The van der Waals surface area contributed by atoms with Crippen LogP contribution in [0.5, 0.6) is 0 Å². The van der Waals surface area contributed by atoms with Crippen LogP contribution in [0.4, 0.5) is 15.8 Å². The third-order valence-corrected chi connectivity index (χ3v) is 2.74. The highest BCUT2D eigenvalue weighted by Crippen LogP contribution is 2.30. The van der Waals surface area contributed by atoms with E-state index < -0.39 is 28.0 Å². The number of benzene rings is 1. The lowest BCUT2D eigenvalue weighted by atomic mass is 10.1. The van der Waals surface area contributed by atoms with Crippen LogP contribution in [-0.4, -0.2) is 43.3 Å². The van der Waals surface area contributed by atoms with Crippen LogP contribution >= 0.6 is 0 Å². The Labute approximate surface area is 114 Å². The lowest BCUT2D eigenvalue weighted by Gasteiger charge is -2.19. The highest BCUT2D eigenvalue weighted by atomic mass is 19.1. The third-order valence-electron chi connectivity index (χ3n) is 2.74. The lowest BCUT2D eigenvalue weighted by molar-refractivity contribution is -0.384. The summed E-state index contributed by atoms with van der Waals surface area (Å²) in [6.45, 7) is 0.883. The molecule has 1 aromatic carbocycles. The molecule has 0 spiro atoms. The van der Waals surface area contributed by atoms with Crippen molar-refractivity contribution in [2.45, 2.75) is 6.42 Å². The van der Waals surface area contributed by atoms with E-state index in [0.717, 1.165) is 12.1 Å². The summed E-state index contributed by atoms with van der Waals surface area (Å²) in [4.78, 5) is 22.5. The summed E-state index contributed by atoms with van der Waals surface area (Å²) in [5.41, 5.74) is -1.12. The van der Waals surface area contributed by atoms with Gasteiger partial charge in [0.15, 0.2) is 0 Å². The van der Waals surface area contributed by atoms with Crippen LogP contribution in [-0.2, 0) is 4.74 Å². The first-order valence-electron chi connectivity index (χ1n) is 5.79. The number of methoxy groups -OCH3 is 1. The average molecular weight is 286 g/mol. The first-order chi connectivity index (χ1) is 9.38. The number of nitrogens with zero attached hydrogens (tertiary/aromatic N) is 2. The smallest absolute Gasteiger partial charge is 0.338 e. The zero-order chi connectivity index (χ0) is 15.3. The average Bonchev–Trinajstić information content (AvgIpc) is 2.37. The number of halogens is 1. The Bertz CT molecular complexity index is 521. The molecule has 0 fully saturated rings. The van der Waals surface area contributed by atoms with Crippen molar-refractivity contribution >= 4 is 17.3 Å². The van der Waals surface area contributed by atoms with E-state index in [4.69, 9.17) is 9.84 Å². The fraction of sp³-hybridized carbons (Fsp3) is 0.417. The van der Waals surface area contributed by atoms with Gasteiger partial charge in [-0.05, 0) is 6.42 Å². The van der Waals surface area contributed by atoms with Gasteiger partial charge in [0.1, 0.15) is 17.1 Å². The molecule has 20 heavy (non-hydrogen) atoms. The van der Waals surface area contributed by atoms with E-state index in [-0.39, 0.29) is 5.69 Å². The number of carboxylic acid groups (broad SMARTS) is 1. The molecule has 110 valence electrons. The maximum atomic E-state index is 13.6. The Morgan fingerprint density at radius 3 is 2.70 bits per heavy atom. The first-order valence-corrected chi connectivity index (χ1v) is 5.79. The van der Waals surface area contributed by atoms with E-state index in [1.807, 2.05) is 0 Å². The van der Waals surface area contributed by atoms with Gasteiger partial charge in [0.2, 0.25) is 0 Å². The molecule has 0 aliphatic carbocycles. The van der Waals surface area contributed by atoms with Crippen molar-refractivity contribution in [2.75, 3.05) is 32.2 Å². The fourth-order valence-corrected chi connectivity index (χ4v) is 1.73. The SMILES string of the molecule is COCCCN(C)c1cc(F)c(C(=O)O)cc1[N+](=O)[O-]. The van der Waals surface area contributed by atoms with Gasteiger partial charge in [-0.15, -0.1) is 0 Å². The molecule has 0 unspecified atom stereocenters. The molecule has 1 rings (SSSR count). The van der Waals surface area contributed by atoms with Gasteiger partial charge in [-0.25, -0.2) is 9.18 Å². The second kappa shape index (κ2) is 6.80. The minimum atomic E-state index is -1.54. The maximum Gasteiger partial charge on any atom is 0.338 e. The minimum absolute atomic E-state index is 0.0357. The highest BCUT2D eigenvalue weighted by Gasteiger charge is 2.23. The van der Waals surface area contributed by atoms with Crippen molar-refractivity contribution in [3.05, 3.63) is 33.6 Å². The Kier molecular flexibility index (Phi) is 5.39. The number of aromatic carboxylic acids is 1. The molecular formula is C12H15FN2O5. The van der Waals surface area contributed by atoms with Gasteiger partial charge in [0, 0.05) is 39.4 Å². The predicted molar refractivity (Wildman–Crippen MR) is 69.8 cm³/mol. The monoisotopic (exact) mass is 286 g/mol. The number of nitro groups is 1.